The third-order valence-electron chi connectivity index (χ3n) is 3.13. The van der Waals surface area contributed by atoms with E-state index >= 15 is 0 Å². The fraction of sp³-hybridized carbons (Fsp3) is 0.400. The molecular weight excluding hydrogens is 315 g/mol. The molecule has 0 radical (unpaired) electrons. The largest absolute Gasteiger partial charge is 0.345 e. The lowest BCUT2D eigenvalue weighted by Gasteiger charge is -2.03. The van der Waals surface area contributed by atoms with E-state index in [1.165, 1.54) is 0 Å². The fourth-order valence-electron chi connectivity index (χ4n) is 2.06. The molecule has 0 aliphatic carbocycles. The Morgan fingerprint density at radius 3 is 2.65 bits per heavy atom. The molecule has 1 aromatic carbocycles. The van der Waals surface area contributed by atoms with Crippen LogP contribution in [0.1, 0.15) is 42.5 Å². The Balaban J connectivity index is 0.00000200. The van der Waals surface area contributed by atoms with Gasteiger partial charge in [-0.2, -0.15) is 0 Å². The van der Waals surface area contributed by atoms with Crippen molar-refractivity contribution in [3.05, 3.63) is 52.1 Å². The van der Waals surface area contributed by atoms with Crippen LogP contribution in [-0.2, 0) is 18.7 Å². The maximum Gasteiger partial charge on any atom is 0.106 e. The lowest BCUT2D eigenvalue weighted by atomic mass is 10.1. The quantitative estimate of drug-likeness (QED) is 0.727. The smallest absolute Gasteiger partial charge is 0.106 e. The molecule has 0 amide bonds. The first kappa shape index (κ1) is 17.4. The zero-order valence-electron chi connectivity index (χ0n) is 11.5. The second-order valence-corrected chi connectivity index (χ2v) is 5.29. The lowest BCUT2D eigenvalue weighted by molar-refractivity contribution is 0.759. The van der Waals surface area contributed by atoms with Crippen molar-refractivity contribution in [2.75, 3.05) is 0 Å². The van der Waals surface area contributed by atoms with Crippen LogP contribution in [-0.4, -0.2) is 9.97 Å². The van der Waals surface area contributed by atoms with Gasteiger partial charge in [0.25, 0.3) is 0 Å². The monoisotopic (exact) mass is 332 g/mol. The highest BCUT2D eigenvalue weighted by atomic mass is 35.5. The lowest BCUT2D eigenvalue weighted by Crippen LogP contribution is -1.94. The Kier molecular flexibility index (Phi) is 7.42. The molecule has 0 unspecified atom stereocenters. The minimum absolute atomic E-state index is 0. The van der Waals surface area contributed by atoms with E-state index < -0.39 is 0 Å². The summed E-state index contributed by atoms with van der Waals surface area (Å²) in [5, 5.41) is 0.785. The van der Waals surface area contributed by atoms with Crippen molar-refractivity contribution in [2.45, 2.75) is 38.5 Å². The minimum Gasteiger partial charge on any atom is -0.345 e. The van der Waals surface area contributed by atoms with Gasteiger partial charge in [-0.1, -0.05) is 43.1 Å². The number of imidazole rings is 1. The number of alkyl halides is 1. The molecule has 0 fully saturated rings. The molecular formula is C15H19Cl3N2. The summed E-state index contributed by atoms with van der Waals surface area (Å²) in [5.74, 6) is 1.46. The van der Waals surface area contributed by atoms with Crippen LogP contribution in [0.2, 0.25) is 5.02 Å². The SMILES string of the molecule is CCCCc1nc(CCl)c(Cc2ccccc2Cl)[nH]1.Cl. The van der Waals surface area contributed by atoms with Gasteiger partial charge in [0.15, 0.2) is 0 Å². The molecule has 0 aliphatic rings. The van der Waals surface area contributed by atoms with E-state index in [2.05, 4.69) is 16.9 Å². The first-order valence-electron chi connectivity index (χ1n) is 6.60. The molecule has 0 atom stereocenters. The zero-order chi connectivity index (χ0) is 13.7. The standard InChI is InChI=1S/C15H18Cl2N2.ClH/c1-2-3-8-15-18-13(14(10-16)19-15)9-11-6-4-5-7-12(11)17;/h4-7H,2-3,8-10H2,1H3,(H,18,19);1H. The molecule has 0 aliphatic heterocycles. The summed E-state index contributed by atoms with van der Waals surface area (Å²) >= 11 is 12.2. The number of aromatic nitrogens is 2. The highest BCUT2D eigenvalue weighted by Gasteiger charge is 2.11. The van der Waals surface area contributed by atoms with Gasteiger partial charge in [0, 0.05) is 23.6 Å². The van der Waals surface area contributed by atoms with Gasteiger partial charge in [0.2, 0.25) is 0 Å². The van der Waals surface area contributed by atoms with Crippen molar-refractivity contribution >= 4 is 35.6 Å². The number of hydrogen-bond donors (Lipinski definition) is 1. The summed E-state index contributed by atoms with van der Waals surface area (Å²) in [4.78, 5) is 7.95. The third kappa shape index (κ3) is 4.41. The Bertz CT molecular complexity index is 538. The second kappa shape index (κ2) is 8.56. The highest BCUT2D eigenvalue weighted by Crippen LogP contribution is 2.21. The van der Waals surface area contributed by atoms with Gasteiger partial charge in [-0.15, -0.1) is 24.0 Å². The summed E-state index contributed by atoms with van der Waals surface area (Å²) in [6, 6.07) is 7.88. The highest BCUT2D eigenvalue weighted by molar-refractivity contribution is 6.31. The topological polar surface area (TPSA) is 28.7 Å². The Morgan fingerprint density at radius 2 is 2.00 bits per heavy atom. The number of nitrogens with one attached hydrogen (secondary N) is 1. The number of unbranched alkanes of at least 4 members (excludes halogenated alkanes) is 1. The van der Waals surface area contributed by atoms with Gasteiger partial charge in [-0.3, -0.25) is 0 Å². The molecule has 20 heavy (non-hydrogen) atoms. The number of hydrogen-bond acceptors (Lipinski definition) is 1. The van der Waals surface area contributed by atoms with E-state index in [-0.39, 0.29) is 12.4 Å². The number of halogens is 3. The predicted molar refractivity (Wildman–Crippen MR) is 88.3 cm³/mol. The van der Waals surface area contributed by atoms with E-state index in [0.717, 1.165) is 53.5 Å². The number of H-pyrrole nitrogens is 1. The van der Waals surface area contributed by atoms with Gasteiger partial charge in [0.05, 0.1) is 11.6 Å². The third-order valence-corrected chi connectivity index (χ3v) is 3.75. The molecule has 1 aromatic heterocycles. The van der Waals surface area contributed by atoms with Gasteiger partial charge in [-0.25, -0.2) is 4.98 Å². The van der Waals surface area contributed by atoms with E-state index in [1.807, 2.05) is 24.3 Å². The van der Waals surface area contributed by atoms with Crippen LogP contribution in [0.3, 0.4) is 0 Å². The number of aromatic amines is 1. The Labute approximate surface area is 136 Å². The molecule has 5 heteroatoms. The van der Waals surface area contributed by atoms with Crippen LogP contribution in [0.15, 0.2) is 24.3 Å². The molecule has 1 heterocycles. The van der Waals surface area contributed by atoms with E-state index in [4.69, 9.17) is 23.2 Å². The van der Waals surface area contributed by atoms with Gasteiger partial charge in [-0.05, 0) is 18.1 Å². The van der Waals surface area contributed by atoms with Crippen LogP contribution < -0.4 is 0 Å². The Hall–Kier alpha value is -0.700. The maximum absolute atomic E-state index is 6.19. The van der Waals surface area contributed by atoms with Crippen LogP contribution in [0, 0.1) is 0 Å². The van der Waals surface area contributed by atoms with Crippen molar-refractivity contribution in [3.63, 3.8) is 0 Å². The average Bonchev–Trinajstić information content (AvgIpc) is 2.81. The predicted octanol–water partition coefficient (Wildman–Crippen LogP) is 5.16. The average molecular weight is 334 g/mol. The van der Waals surface area contributed by atoms with Gasteiger partial charge >= 0.3 is 0 Å². The van der Waals surface area contributed by atoms with Crippen molar-refractivity contribution in [3.8, 4) is 0 Å². The minimum atomic E-state index is 0. The Morgan fingerprint density at radius 1 is 1.25 bits per heavy atom. The van der Waals surface area contributed by atoms with Gasteiger partial charge in [0.1, 0.15) is 5.82 Å². The maximum atomic E-state index is 6.19. The molecule has 0 bridgehead atoms. The number of rotatable bonds is 6. The molecule has 110 valence electrons. The first-order chi connectivity index (χ1) is 9.24. The summed E-state index contributed by atoms with van der Waals surface area (Å²) in [6.45, 7) is 2.18. The number of nitrogens with zero attached hydrogens (tertiary/aromatic N) is 1. The summed E-state index contributed by atoms with van der Waals surface area (Å²) in [7, 11) is 0. The summed E-state index contributed by atoms with van der Waals surface area (Å²) in [6.07, 6.45) is 4.03. The van der Waals surface area contributed by atoms with E-state index in [1.54, 1.807) is 0 Å². The first-order valence-corrected chi connectivity index (χ1v) is 7.51. The van der Waals surface area contributed by atoms with E-state index in [0.29, 0.717) is 5.88 Å². The second-order valence-electron chi connectivity index (χ2n) is 4.61. The van der Waals surface area contributed by atoms with Crippen LogP contribution in [0.25, 0.3) is 0 Å². The fourth-order valence-corrected chi connectivity index (χ4v) is 2.48. The molecule has 1 N–H and O–H groups in total. The van der Waals surface area contributed by atoms with Crippen molar-refractivity contribution in [1.29, 1.82) is 0 Å². The number of aryl methyl sites for hydroxylation is 1. The van der Waals surface area contributed by atoms with Gasteiger partial charge < -0.3 is 4.98 Å². The van der Waals surface area contributed by atoms with Crippen molar-refractivity contribution < 1.29 is 0 Å². The normalized spacial score (nSPS) is 10.3. The van der Waals surface area contributed by atoms with Crippen molar-refractivity contribution in [1.82, 2.24) is 9.97 Å². The molecule has 2 nitrogen and oxygen atoms in total. The molecule has 2 aromatic rings. The van der Waals surface area contributed by atoms with Crippen LogP contribution >= 0.6 is 35.6 Å². The molecule has 2 rings (SSSR count). The number of benzene rings is 1. The zero-order valence-corrected chi connectivity index (χ0v) is 13.8. The van der Waals surface area contributed by atoms with E-state index in [9.17, 15) is 0 Å². The summed E-state index contributed by atoms with van der Waals surface area (Å²) < 4.78 is 0. The van der Waals surface area contributed by atoms with Crippen LogP contribution in [0.5, 0.6) is 0 Å². The molecule has 0 saturated heterocycles. The summed E-state index contributed by atoms with van der Waals surface area (Å²) in [5.41, 5.74) is 3.11. The molecule has 0 spiro atoms. The van der Waals surface area contributed by atoms with Crippen molar-refractivity contribution in [2.24, 2.45) is 0 Å². The molecule has 0 saturated carbocycles. The van der Waals surface area contributed by atoms with Crippen LogP contribution in [0.4, 0.5) is 0 Å².